The summed E-state index contributed by atoms with van der Waals surface area (Å²) in [5.74, 6) is -0.245. The minimum Gasteiger partial charge on any atom is -0.381 e. The van der Waals surface area contributed by atoms with Crippen LogP contribution in [-0.2, 0) is 14.9 Å². The van der Waals surface area contributed by atoms with Gasteiger partial charge in [-0.3, -0.25) is 4.79 Å². The quantitative estimate of drug-likeness (QED) is 0.802. The number of nitrogens with one attached hydrogen (secondary N) is 1. The number of nitrogens with zero attached hydrogens (tertiary/aromatic N) is 1. The van der Waals surface area contributed by atoms with Crippen LogP contribution in [-0.4, -0.2) is 44.7 Å². The molecular weight excluding hydrogens is 367 g/mol. The van der Waals surface area contributed by atoms with Crippen LogP contribution in [0.5, 0.6) is 0 Å². The maximum atomic E-state index is 13.7. The summed E-state index contributed by atoms with van der Waals surface area (Å²) < 4.78 is 19.3. The summed E-state index contributed by atoms with van der Waals surface area (Å²) in [6, 6.07) is 12.8. The highest BCUT2D eigenvalue weighted by molar-refractivity contribution is 5.88. The molecule has 1 saturated heterocycles. The fourth-order valence-electron chi connectivity index (χ4n) is 4.29. The smallest absolute Gasteiger partial charge is 0.230 e. The van der Waals surface area contributed by atoms with Gasteiger partial charge in [0.15, 0.2) is 0 Å². The Kier molecular flexibility index (Phi) is 6.70. The number of rotatable bonds is 6. The Hall–Kier alpha value is -2.24. The van der Waals surface area contributed by atoms with E-state index in [1.54, 1.807) is 6.07 Å². The molecule has 1 heterocycles. The number of carbonyl (C=O) groups excluding carboxylic acids is 1. The number of hydrogen-bond acceptors (Lipinski definition) is 3. The molecule has 0 saturated carbocycles. The Morgan fingerprint density at radius 1 is 1.14 bits per heavy atom. The summed E-state index contributed by atoms with van der Waals surface area (Å²) in [4.78, 5) is 15.5. The molecule has 2 aromatic rings. The molecule has 1 fully saturated rings. The van der Waals surface area contributed by atoms with E-state index in [9.17, 15) is 9.18 Å². The lowest BCUT2D eigenvalue weighted by atomic mass is 9.72. The second kappa shape index (κ2) is 9.06. The maximum Gasteiger partial charge on any atom is 0.230 e. The van der Waals surface area contributed by atoms with Crippen molar-refractivity contribution in [2.24, 2.45) is 0 Å². The number of carbonyl (C=O) groups is 1. The molecule has 1 aliphatic rings. The molecule has 1 amide bonds. The Morgan fingerprint density at radius 2 is 1.79 bits per heavy atom. The lowest BCUT2D eigenvalue weighted by molar-refractivity contribution is -0.130. The normalized spacial score (nSPS) is 17.2. The SMILES string of the molecule is Cc1cc(C)cc(C2(C(=O)NC[C@@H](c3cccc(F)c3)N(C)C)CCOCC2)c1. The minimum absolute atomic E-state index is 0.0223. The van der Waals surface area contributed by atoms with E-state index in [4.69, 9.17) is 4.74 Å². The first kappa shape index (κ1) is 21.5. The molecule has 0 aliphatic carbocycles. The van der Waals surface area contributed by atoms with E-state index in [-0.39, 0.29) is 17.8 Å². The molecule has 1 atom stereocenters. The monoisotopic (exact) mass is 398 g/mol. The number of amides is 1. The van der Waals surface area contributed by atoms with Gasteiger partial charge >= 0.3 is 0 Å². The molecule has 1 N–H and O–H groups in total. The standard InChI is InChI=1S/C24H31FN2O2/c1-17-12-18(2)14-20(13-17)24(8-10-29-11-9-24)23(28)26-16-22(27(3)4)19-6-5-7-21(25)15-19/h5-7,12-15,22H,8-11,16H2,1-4H3,(H,26,28)/t22-/m0/s1. The van der Waals surface area contributed by atoms with Crippen molar-refractivity contribution in [1.82, 2.24) is 10.2 Å². The highest BCUT2D eigenvalue weighted by atomic mass is 19.1. The largest absolute Gasteiger partial charge is 0.381 e. The maximum absolute atomic E-state index is 13.7. The molecule has 0 aromatic heterocycles. The van der Waals surface area contributed by atoms with Crippen LogP contribution in [0.15, 0.2) is 42.5 Å². The van der Waals surface area contributed by atoms with E-state index in [1.165, 1.54) is 12.1 Å². The third-order valence-corrected chi connectivity index (χ3v) is 5.87. The van der Waals surface area contributed by atoms with Crippen molar-refractivity contribution in [3.63, 3.8) is 0 Å². The average Bonchev–Trinajstić information content (AvgIpc) is 2.67. The molecule has 29 heavy (non-hydrogen) atoms. The fourth-order valence-corrected chi connectivity index (χ4v) is 4.29. The van der Waals surface area contributed by atoms with Gasteiger partial charge in [0.25, 0.3) is 0 Å². The summed E-state index contributed by atoms with van der Waals surface area (Å²) in [6.45, 7) is 5.69. The summed E-state index contributed by atoms with van der Waals surface area (Å²) in [5, 5.41) is 3.17. The highest BCUT2D eigenvalue weighted by Gasteiger charge is 2.42. The fraction of sp³-hybridized carbons (Fsp3) is 0.458. The topological polar surface area (TPSA) is 41.6 Å². The summed E-state index contributed by atoms with van der Waals surface area (Å²) in [5.41, 5.74) is 3.63. The van der Waals surface area contributed by atoms with Gasteiger partial charge in [0, 0.05) is 19.8 Å². The average molecular weight is 399 g/mol. The van der Waals surface area contributed by atoms with E-state index in [0.29, 0.717) is 32.6 Å². The lowest BCUT2D eigenvalue weighted by Gasteiger charge is -2.37. The minimum atomic E-state index is -0.589. The molecule has 4 nitrogen and oxygen atoms in total. The molecule has 156 valence electrons. The van der Waals surface area contributed by atoms with Crippen LogP contribution in [0, 0.1) is 19.7 Å². The number of likely N-dealkylation sites (N-methyl/N-ethyl adjacent to an activating group) is 1. The third kappa shape index (κ3) is 4.85. The molecule has 1 aliphatic heterocycles. The molecule has 0 spiro atoms. The van der Waals surface area contributed by atoms with Crippen molar-refractivity contribution in [2.45, 2.75) is 38.1 Å². The van der Waals surface area contributed by atoms with Gasteiger partial charge in [-0.25, -0.2) is 4.39 Å². The van der Waals surface area contributed by atoms with Crippen molar-refractivity contribution in [2.75, 3.05) is 33.9 Å². The van der Waals surface area contributed by atoms with Gasteiger partial charge in [-0.1, -0.05) is 41.5 Å². The number of aryl methyl sites for hydroxylation is 2. The number of halogens is 1. The zero-order valence-electron chi connectivity index (χ0n) is 17.8. The second-order valence-electron chi connectivity index (χ2n) is 8.32. The van der Waals surface area contributed by atoms with Crippen LogP contribution in [0.1, 0.15) is 41.1 Å². The van der Waals surface area contributed by atoms with E-state index < -0.39 is 5.41 Å². The van der Waals surface area contributed by atoms with E-state index in [1.807, 2.05) is 25.1 Å². The molecule has 0 unspecified atom stereocenters. The first-order valence-corrected chi connectivity index (χ1v) is 10.2. The van der Waals surface area contributed by atoms with Crippen LogP contribution in [0.4, 0.5) is 4.39 Å². The van der Waals surface area contributed by atoms with Crippen LogP contribution < -0.4 is 5.32 Å². The predicted molar refractivity (Wildman–Crippen MR) is 113 cm³/mol. The molecule has 0 radical (unpaired) electrons. The van der Waals surface area contributed by atoms with Crippen LogP contribution >= 0.6 is 0 Å². The summed E-state index contributed by atoms with van der Waals surface area (Å²) >= 11 is 0. The van der Waals surface area contributed by atoms with Gasteiger partial charge in [-0.2, -0.15) is 0 Å². The Bertz CT molecular complexity index is 839. The van der Waals surface area contributed by atoms with Crippen molar-refractivity contribution in [3.05, 3.63) is 70.5 Å². The van der Waals surface area contributed by atoms with Crippen LogP contribution in [0.3, 0.4) is 0 Å². The highest BCUT2D eigenvalue weighted by Crippen LogP contribution is 2.36. The predicted octanol–water partition coefficient (Wildman–Crippen LogP) is 3.91. The summed E-state index contributed by atoms with van der Waals surface area (Å²) in [7, 11) is 3.88. The Balaban J connectivity index is 1.85. The zero-order valence-corrected chi connectivity index (χ0v) is 17.8. The first-order valence-electron chi connectivity index (χ1n) is 10.2. The van der Waals surface area contributed by atoms with Crippen molar-refractivity contribution in [1.29, 1.82) is 0 Å². The zero-order chi connectivity index (χ0) is 21.0. The van der Waals surface area contributed by atoms with Gasteiger partial charge in [0.05, 0.1) is 11.5 Å². The van der Waals surface area contributed by atoms with Gasteiger partial charge in [0.2, 0.25) is 5.91 Å². The van der Waals surface area contributed by atoms with Gasteiger partial charge in [0.1, 0.15) is 5.82 Å². The van der Waals surface area contributed by atoms with E-state index in [0.717, 1.165) is 22.3 Å². The van der Waals surface area contributed by atoms with Crippen molar-refractivity contribution >= 4 is 5.91 Å². The molecule has 3 rings (SSSR count). The van der Waals surface area contributed by atoms with Gasteiger partial charge in [-0.15, -0.1) is 0 Å². The Labute approximate surface area is 173 Å². The summed E-state index contributed by atoms with van der Waals surface area (Å²) in [6.07, 6.45) is 1.32. The third-order valence-electron chi connectivity index (χ3n) is 5.87. The lowest BCUT2D eigenvalue weighted by Crippen LogP contribution is -2.49. The number of ether oxygens (including phenoxy) is 1. The van der Waals surface area contributed by atoms with Crippen LogP contribution in [0.2, 0.25) is 0 Å². The van der Waals surface area contributed by atoms with E-state index >= 15 is 0 Å². The first-order chi connectivity index (χ1) is 13.8. The molecule has 5 heteroatoms. The van der Waals surface area contributed by atoms with Gasteiger partial charge in [-0.05, 0) is 64.0 Å². The van der Waals surface area contributed by atoms with Crippen molar-refractivity contribution in [3.8, 4) is 0 Å². The number of benzene rings is 2. The second-order valence-corrected chi connectivity index (χ2v) is 8.32. The number of hydrogen-bond donors (Lipinski definition) is 1. The molecule has 2 aromatic carbocycles. The van der Waals surface area contributed by atoms with E-state index in [2.05, 4.69) is 37.4 Å². The molecule has 0 bridgehead atoms. The molecular formula is C24H31FN2O2. The van der Waals surface area contributed by atoms with Crippen LogP contribution in [0.25, 0.3) is 0 Å². The van der Waals surface area contributed by atoms with Gasteiger partial charge < -0.3 is 15.0 Å². The van der Waals surface area contributed by atoms with Crippen molar-refractivity contribution < 1.29 is 13.9 Å². The Morgan fingerprint density at radius 3 is 2.38 bits per heavy atom.